The van der Waals surface area contributed by atoms with Gasteiger partial charge in [0.25, 0.3) is 0 Å². The molecular weight excluding hydrogens is 272 g/mol. The molecule has 106 valence electrons. The van der Waals surface area contributed by atoms with Crippen molar-refractivity contribution in [2.24, 2.45) is 0 Å². The van der Waals surface area contributed by atoms with Gasteiger partial charge in [0.15, 0.2) is 23.1 Å². The third kappa shape index (κ3) is 1.71. The van der Waals surface area contributed by atoms with Crippen LogP contribution in [0.1, 0.15) is 31.8 Å². The normalized spacial score (nSPS) is 12.7. The van der Waals surface area contributed by atoms with E-state index in [0.717, 1.165) is 0 Å². The number of hydrogen-bond acceptors (Lipinski definition) is 5. The van der Waals surface area contributed by atoms with E-state index in [0.29, 0.717) is 11.1 Å². The van der Waals surface area contributed by atoms with E-state index >= 15 is 0 Å². The van der Waals surface area contributed by atoms with Crippen LogP contribution in [-0.4, -0.2) is 30.9 Å². The van der Waals surface area contributed by atoms with Crippen molar-refractivity contribution in [1.29, 1.82) is 0 Å². The zero-order valence-electron chi connectivity index (χ0n) is 11.5. The number of phenolic OH excluding ortho intramolecular Hbond substituents is 1. The first-order valence-electron chi connectivity index (χ1n) is 6.26. The summed E-state index contributed by atoms with van der Waals surface area (Å²) in [5.41, 5.74) is 0.882. The van der Waals surface area contributed by atoms with Crippen molar-refractivity contribution in [3.05, 3.63) is 52.6 Å². The predicted molar refractivity (Wildman–Crippen MR) is 74.5 cm³/mol. The van der Waals surface area contributed by atoms with Crippen LogP contribution in [-0.2, 0) is 0 Å². The van der Waals surface area contributed by atoms with Crippen molar-refractivity contribution in [2.45, 2.75) is 0 Å². The van der Waals surface area contributed by atoms with E-state index < -0.39 is 0 Å². The number of phenols is 1. The summed E-state index contributed by atoms with van der Waals surface area (Å²) < 4.78 is 10.1. The van der Waals surface area contributed by atoms with E-state index in [1.807, 2.05) is 0 Å². The van der Waals surface area contributed by atoms with Crippen LogP contribution in [0, 0.1) is 0 Å². The van der Waals surface area contributed by atoms with E-state index in [9.17, 15) is 14.7 Å². The number of methoxy groups -OCH3 is 2. The summed E-state index contributed by atoms with van der Waals surface area (Å²) in [5.74, 6) is -0.894. The summed E-state index contributed by atoms with van der Waals surface area (Å²) in [6.45, 7) is 0. The molecule has 0 aromatic heterocycles. The van der Waals surface area contributed by atoms with Crippen LogP contribution >= 0.6 is 0 Å². The van der Waals surface area contributed by atoms with E-state index in [1.54, 1.807) is 24.3 Å². The minimum Gasteiger partial charge on any atom is -0.502 e. The van der Waals surface area contributed by atoms with E-state index in [4.69, 9.17) is 9.47 Å². The molecular formula is C16H12O5. The minimum absolute atomic E-state index is 0.0443. The standard InChI is InChI=1S/C16H12O5/c1-20-11-7-10-12(16(21-2)15(11)19)14(18)9-6-4-3-5-8(9)13(10)17/h3-7,19H,1-2H3. The Morgan fingerprint density at radius 3 is 2.10 bits per heavy atom. The number of hydrogen-bond donors (Lipinski definition) is 1. The number of carbonyl (C=O) groups is 2. The molecule has 21 heavy (non-hydrogen) atoms. The van der Waals surface area contributed by atoms with E-state index in [1.165, 1.54) is 20.3 Å². The van der Waals surface area contributed by atoms with E-state index in [2.05, 4.69) is 0 Å². The maximum Gasteiger partial charge on any atom is 0.201 e. The van der Waals surface area contributed by atoms with Crippen molar-refractivity contribution in [2.75, 3.05) is 14.2 Å². The molecule has 0 spiro atoms. The highest BCUT2D eigenvalue weighted by Gasteiger charge is 2.35. The van der Waals surface area contributed by atoms with Gasteiger partial charge in [-0.3, -0.25) is 9.59 Å². The van der Waals surface area contributed by atoms with Gasteiger partial charge in [0.1, 0.15) is 0 Å². The molecule has 0 radical (unpaired) electrons. The quantitative estimate of drug-likeness (QED) is 0.781. The predicted octanol–water partition coefficient (Wildman–Crippen LogP) is 2.18. The Kier molecular flexibility index (Phi) is 2.90. The second kappa shape index (κ2) is 4.63. The number of ketones is 2. The maximum atomic E-state index is 12.6. The van der Waals surface area contributed by atoms with Crippen LogP contribution in [0.2, 0.25) is 0 Å². The molecule has 2 aromatic rings. The molecule has 0 fully saturated rings. The van der Waals surface area contributed by atoms with Crippen molar-refractivity contribution in [3.63, 3.8) is 0 Å². The lowest BCUT2D eigenvalue weighted by molar-refractivity contribution is 0.0975. The second-order valence-electron chi connectivity index (χ2n) is 4.59. The minimum atomic E-state index is -0.352. The van der Waals surface area contributed by atoms with Crippen LogP contribution < -0.4 is 9.47 Å². The number of ether oxygens (including phenoxy) is 2. The Bertz CT molecular complexity index is 776. The van der Waals surface area contributed by atoms with Crippen LogP contribution in [0.4, 0.5) is 0 Å². The number of fused-ring (bicyclic) bond motifs is 2. The fourth-order valence-electron chi connectivity index (χ4n) is 2.54. The Labute approximate surface area is 120 Å². The van der Waals surface area contributed by atoms with Gasteiger partial charge >= 0.3 is 0 Å². The van der Waals surface area contributed by atoms with Crippen molar-refractivity contribution in [1.82, 2.24) is 0 Å². The van der Waals surface area contributed by atoms with Crippen LogP contribution in [0.3, 0.4) is 0 Å². The zero-order valence-corrected chi connectivity index (χ0v) is 11.5. The lowest BCUT2D eigenvalue weighted by Crippen LogP contribution is -2.21. The fourth-order valence-corrected chi connectivity index (χ4v) is 2.54. The maximum absolute atomic E-state index is 12.6. The van der Waals surface area contributed by atoms with Gasteiger partial charge in [0, 0.05) is 16.7 Å². The number of aromatic hydroxyl groups is 1. The Morgan fingerprint density at radius 2 is 1.52 bits per heavy atom. The van der Waals surface area contributed by atoms with Crippen molar-refractivity contribution < 1.29 is 24.2 Å². The fraction of sp³-hybridized carbons (Fsp3) is 0.125. The first kappa shape index (κ1) is 13.2. The second-order valence-corrected chi connectivity index (χ2v) is 4.59. The zero-order chi connectivity index (χ0) is 15.1. The molecule has 2 aromatic carbocycles. The average molecular weight is 284 g/mol. The van der Waals surface area contributed by atoms with Gasteiger partial charge in [-0.15, -0.1) is 0 Å². The van der Waals surface area contributed by atoms with Crippen LogP contribution in [0.5, 0.6) is 17.2 Å². The highest BCUT2D eigenvalue weighted by atomic mass is 16.5. The monoisotopic (exact) mass is 284 g/mol. The lowest BCUT2D eigenvalue weighted by atomic mass is 9.83. The molecule has 1 aliphatic rings. The summed E-state index contributed by atoms with van der Waals surface area (Å²) in [6, 6.07) is 7.93. The molecule has 0 saturated carbocycles. The van der Waals surface area contributed by atoms with Gasteiger partial charge in [0.05, 0.1) is 19.8 Å². The molecule has 1 aliphatic carbocycles. The van der Waals surface area contributed by atoms with E-state index in [-0.39, 0.29) is 39.9 Å². The summed E-state index contributed by atoms with van der Waals surface area (Å²) in [5, 5.41) is 10.1. The largest absolute Gasteiger partial charge is 0.502 e. The number of carbonyl (C=O) groups excluding carboxylic acids is 2. The Hall–Kier alpha value is -2.82. The first-order valence-corrected chi connectivity index (χ1v) is 6.26. The van der Waals surface area contributed by atoms with Gasteiger partial charge in [-0.05, 0) is 6.07 Å². The lowest BCUT2D eigenvalue weighted by Gasteiger charge is -2.21. The Morgan fingerprint density at radius 1 is 0.905 bits per heavy atom. The molecule has 0 bridgehead atoms. The summed E-state index contributed by atoms with van der Waals surface area (Å²) in [4.78, 5) is 25.2. The SMILES string of the molecule is COc1cc2c(c(OC)c1O)C(=O)c1ccccc1C2=O. The summed E-state index contributed by atoms with van der Waals surface area (Å²) in [7, 11) is 2.69. The Balaban J connectivity index is 2.37. The van der Waals surface area contributed by atoms with Crippen molar-refractivity contribution >= 4 is 11.6 Å². The van der Waals surface area contributed by atoms with Gasteiger partial charge in [-0.25, -0.2) is 0 Å². The molecule has 0 heterocycles. The van der Waals surface area contributed by atoms with Gasteiger partial charge in [-0.1, -0.05) is 24.3 Å². The third-order valence-corrected chi connectivity index (χ3v) is 3.53. The highest BCUT2D eigenvalue weighted by Crippen LogP contribution is 2.44. The molecule has 0 atom stereocenters. The van der Waals surface area contributed by atoms with Gasteiger partial charge in [0.2, 0.25) is 5.75 Å². The first-order chi connectivity index (χ1) is 10.1. The highest BCUT2D eigenvalue weighted by molar-refractivity contribution is 6.29. The smallest absolute Gasteiger partial charge is 0.201 e. The molecule has 0 aliphatic heterocycles. The molecule has 0 amide bonds. The van der Waals surface area contributed by atoms with Gasteiger partial charge < -0.3 is 14.6 Å². The molecule has 3 rings (SSSR count). The van der Waals surface area contributed by atoms with Gasteiger partial charge in [-0.2, -0.15) is 0 Å². The molecule has 5 heteroatoms. The van der Waals surface area contributed by atoms with Crippen molar-refractivity contribution in [3.8, 4) is 17.2 Å². The van der Waals surface area contributed by atoms with Crippen LogP contribution in [0.25, 0.3) is 0 Å². The topological polar surface area (TPSA) is 72.8 Å². The molecule has 0 saturated heterocycles. The third-order valence-electron chi connectivity index (χ3n) is 3.53. The summed E-state index contributed by atoms with van der Waals surface area (Å²) >= 11 is 0. The van der Waals surface area contributed by atoms with Crippen LogP contribution in [0.15, 0.2) is 30.3 Å². The average Bonchev–Trinajstić information content (AvgIpc) is 2.52. The molecule has 5 nitrogen and oxygen atoms in total. The number of rotatable bonds is 2. The number of benzene rings is 2. The molecule has 1 N–H and O–H groups in total. The molecule has 0 unspecified atom stereocenters. The summed E-state index contributed by atoms with van der Waals surface area (Å²) in [6.07, 6.45) is 0.